The topological polar surface area (TPSA) is 88.1 Å². The monoisotopic (exact) mass is 584 g/mol. The predicted molar refractivity (Wildman–Crippen MR) is 165 cm³/mol. The van der Waals surface area contributed by atoms with Gasteiger partial charge in [-0.15, -0.1) is 0 Å². The molecule has 0 aliphatic rings. The Morgan fingerprint density at radius 1 is 0.714 bits per heavy atom. The molecule has 0 aliphatic carbocycles. The summed E-state index contributed by atoms with van der Waals surface area (Å²) < 4.78 is 20.9. The zero-order valence-electron chi connectivity index (χ0n) is 23.2. The molecule has 42 heavy (non-hydrogen) atoms. The molecule has 7 nitrogen and oxygen atoms in total. The van der Waals surface area contributed by atoms with Gasteiger partial charge in [0.25, 0.3) is 0 Å². The van der Waals surface area contributed by atoms with Crippen LogP contribution < -0.4 is 9.47 Å². The molecular formula is C34H32O7S. The molecule has 0 fully saturated rings. The van der Waals surface area contributed by atoms with Gasteiger partial charge in [-0.1, -0.05) is 37.4 Å². The van der Waals surface area contributed by atoms with E-state index in [1.165, 1.54) is 6.08 Å². The van der Waals surface area contributed by atoms with E-state index in [1.54, 1.807) is 24.3 Å². The van der Waals surface area contributed by atoms with Crippen LogP contribution in [0.5, 0.6) is 11.5 Å². The summed E-state index contributed by atoms with van der Waals surface area (Å²) in [6.45, 7) is 7.51. The van der Waals surface area contributed by atoms with Gasteiger partial charge in [-0.2, -0.15) is 0 Å². The van der Waals surface area contributed by atoms with Crippen molar-refractivity contribution in [2.45, 2.75) is 30.6 Å². The Morgan fingerprint density at radius 2 is 1.38 bits per heavy atom. The summed E-state index contributed by atoms with van der Waals surface area (Å²) in [6.07, 6.45) is 5.96. The van der Waals surface area contributed by atoms with Crippen molar-refractivity contribution in [3.8, 4) is 11.5 Å². The van der Waals surface area contributed by atoms with Crippen molar-refractivity contribution in [3.63, 3.8) is 0 Å². The minimum absolute atomic E-state index is 0.0920. The normalized spacial score (nSPS) is 10.7. The molecule has 0 aromatic heterocycles. The van der Waals surface area contributed by atoms with Crippen LogP contribution in [0.4, 0.5) is 0 Å². The molecule has 8 heteroatoms. The Labute approximate surface area is 249 Å². The summed E-state index contributed by atoms with van der Waals surface area (Å²) in [4.78, 5) is 36.1. The van der Waals surface area contributed by atoms with Gasteiger partial charge in [0.15, 0.2) is 6.61 Å². The van der Waals surface area contributed by atoms with Crippen LogP contribution in [0.1, 0.15) is 36.0 Å². The highest BCUT2D eigenvalue weighted by atomic mass is 32.2. The number of esters is 2. The average Bonchev–Trinajstić information content (AvgIpc) is 3.01. The molecule has 0 unspecified atom stereocenters. The average molecular weight is 585 g/mol. The van der Waals surface area contributed by atoms with E-state index in [2.05, 4.69) is 36.1 Å². The third kappa shape index (κ3) is 8.72. The first-order chi connectivity index (χ1) is 20.5. The molecule has 0 amide bonds. The molecule has 0 N–H and O–H groups in total. The molecule has 0 saturated carbocycles. The maximum atomic E-state index is 12.9. The lowest BCUT2D eigenvalue weighted by Crippen LogP contribution is -2.12. The number of thioether (sulfide) groups is 1. The lowest BCUT2D eigenvalue weighted by atomic mass is 10.0. The number of hydrogen-bond acceptors (Lipinski definition) is 8. The van der Waals surface area contributed by atoms with Crippen molar-refractivity contribution in [2.24, 2.45) is 0 Å². The number of carbonyl (C=O) groups excluding carboxylic acids is 3. The lowest BCUT2D eigenvalue weighted by Gasteiger charge is -2.10. The maximum Gasteiger partial charge on any atom is 0.348 e. The fourth-order valence-corrected chi connectivity index (χ4v) is 5.07. The van der Waals surface area contributed by atoms with Gasteiger partial charge in [-0.25, -0.2) is 9.59 Å². The Balaban J connectivity index is 1.30. The van der Waals surface area contributed by atoms with Gasteiger partial charge in [0.1, 0.15) is 11.5 Å². The molecule has 0 radical (unpaired) electrons. The largest absolute Gasteiger partial charge is 0.494 e. The molecule has 0 atom stereocenters. The highest BCUT2D eigenvalue weighted by molar-refractivity contribution is 8.14. The third-order valence-corrected chi connectivity index (χ3v) is 7.28. The van der Waals surface area contributed by atoms with Gasteiger partial charge < -0.3 is 18.9 Å². The molecule has 4 aromatic carbocycles. The smallest absolute Gasteiger partial charge is 0.348 e. The van der Waals surface area contributed by atoms with E-state index in [-0.39, 0.29) is 17.7 Å². The molecule has 0 saturated heterocycles. The van der Waals surface area contributed by atoms with E-state index < -0.39 is 5.97 Å². The number of unbranched alkanes of at least 4 members (excludes halogenated alkanes) is 3. The number of fused-ring (bicyclic) bond motifs is 3. The van der Waals surface area contributed by atoms with Crippen LogP contribution in [-0.2, 0) is 19.1 Å². The van der Waals surface area contributed by atoms with E-state index in [4.69, 9.17) is 14.2 Å². The molecule has 0 aliphatic heterocycles. The Bertz CT molecular complexity index is 1580. The second kappa shape index (κ2) is 15.4. The van der Waals surface area contributed by atoms with Gasteiger partial charge in [-0.05, 0) is 108 Å². The minimum atomic E-state index is -0.552. The van der Waals surface area contributed by atoms with Crippen molar-refractivity contribution in [3.05, 3.63) is 104 Å². The first kappa shape index (κ1) is 30.4. The molecule has 4 aromatic rings. The summed E-state index contributed by atoms with van der Waals surface area (Å²) in [5, 5.41) is 4.25. The van der Waals surface area contributed by atoms with Crippen molar-refractivity contribution in [2.75, 3.05) is 19.8 Å². The van der Waals surface area contributed by atoms with Crippen molar-refractivity contribution in [1.82, 2.24) is 0 Å². The zero-order chi connectivity index (χ0) is 29.7. The molecule has 0 spiro atoms. The van der Waals surface area contributed by atoms with E-state index >= 15 is 0 Å². The third-order valence-electron chi connectivity index (χ3n) is 6.37. The van der Waals surface area contributed by atoms with E-state index in [9.17, 15) is 14.4 Å². The Hall–Kier alpha value is -4.56. The first-order valence-electron chi connectivity index (χ1n) is 13.6. The quantitative estimate of drug-likeness (QED) is 0.0351. The van der Waals surface area contributed by atoms with Crippen LogP contribution in [0.25, 0.3) is 21.5 Å². The Morgan fingerprint density at radius 3 is 2.10 bits per heavy atom. The van der Waals surface area contributed by atoms with E-state index in [0.717, 1.165) is 75.9 Å². The first-order valence-corrected chi connectivity index (χ1v) is 14.4. The number of carbonyl (C=O) groups is 3. The molecule has 0 heterocycles. The van der Waals surface area contributed by atoms with Gasteiger partial charge in [0, 0.05) is 16.5 Å². The molecular weight excluding hydrogens is 552 g/mol. The summed E-state index contributed by atoms with van der Waals surface area (Å²) >= 11 is 1.16. The SMILES string of the molecule is C=COC(=O)COc1ccc(C(=O)Sc2ccc3c(ccc4cc(OCCCCCCOC(=O)C=C)ccc43)c2)cc1. The van der Waals surface area contributed by atoms with Crippen LogP contribution in [0, 0.1) is 0 Å². The summed E-state index contributed by atoms with van der Waals surface area (Å²) in [7, 11) is 0. The molecule has 0 bridgehead atoms. The highest BCUT2D eigenvalue weighted by Gasteiger charge is 2.11. The minimum Gasteiger partial charge on any atom is -0.494 e. The highest BCUT2D eigenvalue weighted by Crippen LogP contribution is 2.32. The van der Waals surface area contributed by atoms with Gasteiger partial charge in [-0.3, -0.25) is 4.79 Å². The van der Waals surface area contributed by atoms with E-state index in [0.29, 0.717) is 24.5 Å². The summed E-state index contributed by atoms with van der Waals surface area (Å²) in [6, 6.07) is 22.9. The number of rotatable bonds is 15. The van der Waals surface area contributed by atoms with Gasteiger partial charge >= 0.3 is 11.9 Å². The number of hydrogen-bond donors (Lipinski definition) is 0. The fraction of sp³-hybridized carbons (Fsp3) is 0.206. The van der Waals surface area contributed by atoms with Crippen LogP contribution in [0.3, 0.4) is 0 Å². The molecule has 4 rings (SSSR count). The van der Waals surface area contributed by atoms with Crippen molar-refractivity contribution < 1.29 is 33.3 Å². The predicted octanol–water partition coefficient (Wildman–Crippen LogP) is 7.66. The fourth-order valence-electron chi connectivity index (χ4n) is 4.28. The van der Waals surface area contributed by atoms with Crippen LogP contribution >= 0.6 is 11.8 Å². The van der Waals surface area contributed by atoms with Crippen LogP contribution in [0.15, 0.2) is 103 Å². The van der Waals surface area contributed by atoms with Crippen LogP contribution in [-0.4, -0.2) is 36.9 Å². The van der Waals surface area contributed by atoms with E-state index in [1.807, 2.05) is 30.3 Å². The summed E-state index contributed by atoms with van der Waals surface area (Å²) in [5.41, 5.74) is 0.529. The maximum absolute atomic E-state index is 12.9. The lowest BCUT2D eigenvalue weighted by molar-refractivity contribution is -0.140. The second-order valence-electron chi connectivity index (χ2n) is 9.32. The zero-order valence-corrected chi connectivity index (χ0v) is 24.0. The number of benzene rings is 4. The van der Waals surface area contributed by atoms with Gasteiger partial charge in [0.2, 0.25) is 5.12 Å². The summed E-state index contributed by atoms with van der Waals surface area (Å²) in [5.74, 6) is 0.357. The Kier molecular flexibility index (Phi) is 11.2. The second-order valence-corrected chi connectivity index (χ2v) is 10.4. The van der Waals surface area contributed by atoms with Gasteiger partial charge in [0.05, 0.1) is 19.5 Å². The van der Waals surface area contributed by atoms with Crippen molar-refractivity contribution >= 4 is 50.4 Å². The van der Waals surface area contributed by atoms with Crippen molar-refractivity contribution in [1.29, 1.82) is 0 Å². The molecule has 216 valence electrons. The standard InChI is InChI=1S/C34H32O7S/c1-3-32(35)40-20-8-6-5-7-19-39-28-15-17-30-25(21-28)9-10-26-22-29(16-18-31(26)30)42-34(37)24-11-13-27(14-12-24)41-23-33(36)38-4-2/h3-4,9-18,21-22H,1-2,5-8,19-20,23H2. The number of ether oxygens (including phenoxy) is 4. The van der Waals surface area contributed by atoms with Crippen LogP contribution in [0.2, 0.25) is 0 Å².